The van der Waals surface area contributed by atoms with Gasteiger partial charge in [-0.3, -0.25) is 23.9 Å². The Hall–Kier alpha value is -4.84. The number of nitrogens with one attached hydrogen (secondary N) is 3. The van der Waals surface area contributed by atoms with Crippen molar-refractivity contribution in [3.63, 3.8) is 0 Å². The Morgan fingerprint density at radius 1 is 1.07 bits per heavy atom. The van der Waals surface area contributed by atoms with Gasteiger partial charge in [-0.05, 0) is 55.2 Å². The zero-order valence-electron chi connectivity index (χ0n) is 36.4. The van der Waals surface area contributed by atoms with Crippen LogP contribution in [-0.2, 0) is 45.1 Å². The molecule has 2 aromatic rings. The SMILES string of the molecule is CC[C@H](C)[C@@H]([C@@H](CC(=O)N1CCC[C@H]1[C@H](OC)[C@@H](C)C(=O)N[C@@H](Cc1ccccc1)C(=O)NS(=O)(=O)CCCN=[N+]=[N-])OC)N(C)C(=O)[C@@H](Nc1nccc(C)n1)C(C)C. The second-order valence-electron chi connectivity index (χ2n) is 15.8. The summed E-state index contributed by atoms with van der Waals surface area (Å²) in [5, 5.41) is 9.29. The number of ether oxygens (including phenoxy) is 2. The normalized spacial score (nSPS) is 17.6. The van der Waals surface area contributed by atoms with Crippen molar-refractivity contribution in [1.82, 2.24) is 29.8 Å². The Balaban J connectivity index is 1.80. The van der Waals surface area contributed by atoms with Crippen LogP contribution in [0.1, 0.15) is 78.0 Å². The van der Waals surface area contributed by atoms with Gasteiger partial charge in [0.05, 0.1) is 42.4 Å². The van der Waals surface area contributed by atoms with E-state index in [1.807, 2.05) is 34.6 Å². The number of carbonyl (C=O) groups excluding carboxylic acids is 4. The number of sulfonamides is 1. The number of likely N-dealkylation sites (tertiary alicyclic amines) is 1. The van der Waals surface area contributed by atoms with Gasteiger partial charge in [0.25, 0.3) is 5.91 Å². The number of amides is 4. The van der Waals surface area contributed by atoms with Crippen molar-refractivity contribution < 1.29 is 37.1 Å². The van der Waals surface area contributed by atoms with E-state index in [2.05, 4.69) is 35.3 Å². The average Bonchev–Trinajstić information content (AvgIpc) is 3.70. The van der Waals surface area contributed by atoms with Crippen LogP contribution in [0.4, 0.5) is 5.95 Å². The molecule has 1 saturated heterocycles. The van der Waals surface area contributed by atoms with Crippen molar-refractivity contribution in [3.8, 4) is 0 Å². The quantitative estimate of drug-likeness (QED) is 0.0590. The monoisotopic (exact) mass is 856 g/mol. The molecule has 8 atom stereocenters. The number of anilines is 1. The highest BCUT2D eigenvalue weighted by molar-refractivity contribution is 7.90. The molecule has 0 radical (unpaired) electrons. The molecule has 1 aliphatic rings. The first kappa shape index (κ1) is 49.5. The minimum Gasteiger partial charge on any atom is -0.379 e. The first-order chi connectivity index (χ1) is 28.5. The molecule has 2 heterocycles. The molecule has 18 nitrogen and oxygen atoms in total. The lowest BCUT2D eigenvalue weighted by molar-refractivity contribution is -0.146. The Bertz CT molecular complexity index is 1880. The van der Waals surface area contributed by atoms with Crippen molar-refractivity contribution in [2.45, 2.75) is 116 Å². The first-order valence-corrected chi connectivity index (χ1v) is 22.2. The van der Waals surface area contributed by atoms with Crippen molar-refractivity contribution in [1.29, 1.82) is 0 Å². The number of carbonyl (C=O) groups is 4. The highest BCUT2D eigenvalue weighted by Crippen LogP contribution is 2.30. The van der Waals surface area contributed by atoms with E-state index in [1.165, 1.54) is 14.2 Å². The third-order valence-electron chi connectivity index (χ3n) is 11.2. The van der Waals surface area contributed by atoms with Crippen LogP contribution in [0.3, 0.4) is 0 Å². The van der Waals surface area contributed by atoms with Crippen LogP contribution < -0.4 is 15.4 Å². The molecule has 19 heteroatoms. The number of benzene rings is 1. The van der Waals surface area contributed by atoms with E-state index in [0.717, 1.165) is 5.69 Å². The maximum absolute atomic E-state index is 14.3. The molecular formula is C41H64N10O8S. The van der Waals surface area contributed by atoms with Gasteiger partial charge in [-0.1, -0.05) is 76.5 Å². The summed E-state index contributed by atoms with van der Waals surface area (Å²) in [6, 6.07) is 7.76. The van der Waals surface area contributed by atoms with Gasteiger partial charge < -0.3 is 29.9 Å². The number of likely N-dealkylation sites (N-methyl/N-ethyl adjacent to an activating group) is 1. The van der Waals surface area contributed by atoms with E-state index >= 15 is 0 Å². The molecule has 332 valence electrons. The number of hydrogen-bond donors (Lipinski definition) is 3. The zero-order valence-corrected chi connectivity index (χ0v) is 37.2. The molecule has 1 fully saturated rings. The maximum atomic E-state index is 14.3. The number of aromatic nitrogens is 2. The molecule has 0 spiro atoms. The fourth-order valence-electron chi connectivity index (χ4n) is 7.70. The molecule has 0 bridgehead atoms. The van der Waals surface area contributed by atoms with Crippen LogP contribution in [0.5, 0.6) is 0 Å². The van der Waals surface area contributed by atoms with Gasteiger partial charge >= 0.3 is 0 Å². The summed E-state index contributed by atoms with van der Waals surface area (Å²) in [5.41, 5.74) is 9.95. The largest absolute Gasteiger partial charge is 0.379 e. The number of aryl methyl sites for hydroxylation is 1. The molecule has 60 heavy (non-hydrogen) atoms. The van der Waals surface area contributed by atoms with E-state index in [4.69, 9.17) is 15.0 Å². The van der Waals surface area contributed by atoms with Crippen molar-refractivity contribution >= 4 is 39.6 Å². The van der Waals surface area contributed by atoms with Crippen LogP contribution in [-0.4, -0.2) is 128 Å². The lowest BCUT2D eigenvalue weighted by Gasteiger charge is -2.40. The van der Waals surface area contributed by atoms with E-state index in [1.54, 1.807) is 66.4 Å². The number of nitrogens with zero attached hydrogens (tertiary/aromatic N) is 7. The number of methoxy groups -OCH3 is 2. The minimum absolute atomic E-state index is 0.00418. The summed E-state index contributed by atoms with van der Waals surface area (Å²) in [6.07, 6.45) is 2.10. The summed E-state index contributed by atoms with van der Waals surface area (Å²) < 4.78 is 39.5. The van der Waals surface area contributed by atoms with Gasteiger partial charge in [0.15, 0.2) is 0 Å². The van der Waals surface area contributed by atoms with Crippen LogP contribution in [0, 0.1) is 24.7 Å². The Kier molecular flexibility index (Phi) is 19.7. The van der Waals surface area contributed by atoms with E-state index < -0.39 is 69.9 Å². The molecule has 1 aromatic carbocycles. The second kappa shape index (κ2) is 23.8. The van der Waals surface area contributed by atoms with E-state index in [-0.39, 0.29) is 49.5 Å². The number of azide groups is 1. The molecule has 1 aliphatic heterocycles. The summed E-state index contributed by atoms with van der Waals surface area (Å²) in [5.74, 6) is -3.01. The second-order valence-corrected chi connectivity index (χ2v) is 17.7. The summed E-state index contributed by atoms with van der Waals surface area (Å²) in [4.78, 5) is 70.6. The molecule has 3 N–H and O–H groups in total. The van der Waals surface area contributed by atoms with Gasteiger partial charge in [-0.2, -0.15) is 0 Å². The molecular weight excluding hydrogens is 793 g/mol. The zero-order chi connectivity index (χ0) is 44.6. The van der Waals surface area contributed by atoms with Crippen molar-refractivity contribution in [2.24, 2.45) is 22.9 Å². The summed E-state index contributed by atoms with van der Waals surface area (Å²) in [7, 11) is 0.623. The lowest BCUT2D eigenvalue weighted by Crippen LogP contribution is -2.56. The van der Waals surface area contributed by atoms with Gasteiger partial charge in [0.2, 0.25) is 33.7 Å². The van der Waals surface area contributed by atoms with Crippen LogP contribution in [0.15, 0.2) is 47.7 Å². The average molecular weight is 857 g/mol. The van der Waals surface area contributed by atoms with Crippen LogP contribution >= 0.6 is 0 Å². The maximum Gasteiger partial charge on any atom is 0.256 e. The topological polar surface area (TPSA) is 238 Å². The minimum atomic E-state index is -4.11. The first-order valence-electron chi connectivity index (χ1n) is 20.6. The van der Waals surface area contributed by atoms with Gasteiger partial charge in [0.1, 0.15) is 12.1 Å². The Labute approximate surface area is 354 Å². The van der Waals surface area contributed by atoms with Crippen molar-refractivity contribution in [3.05, 3.63) is 64.3 Å². The van der Waals surface area contributed by atoms with Gasteiger partial charge in [-0.15, -0.1) is 0 Å². The Morgan fingerprint density at radius 2 is 1.77 bits per heavy atom. The standard InChI is InChI=1S/C41H64N10O8S/c1-10-27(4)36(50(7)40(55)35(26(2)3)47-41-43-21-19-28(5)45-41)33(58-8)25-34(52)51-22-14-18-32(51)37(59-9)29(6)38(53)46-31(24-30-16-12-11-13-17-30)39(54)48-60(56,57)23-15-20-44-49-42/h11-13,16-17,19,21,26-27,29,31-33,35-37H,10,14-15,18,20,22-25H2,1-9H3,(H,46,53)(H,48,54)(H,43,45,47)/t27-,29+,31-,32-,33+,35-,36-,37+/m0/s1. The van der Waals surface area contributed by atoms with E-state index in [9.17, 15) is 27.6 Å². The molecule has 4 amide bonds. The van der Waals surface area contributed by atoms with Gasteiger partial charge in [0, 0.05) is 57.6 Å². The van der Waals surface area contributed by atoms with E-state index in [0.29, 0.717) is 37.3 Å². The van der Waals surface area contributed by atoms with Crippen molar-refractivity contribution in [2.75, 3.05) is 45.4 Å². The smallest absolute Gasteiger partial charge is 0.256 e. The predicted molar refractivity (Wildman–Crippen MR) is 228 cm³/mol. The molecule has 0 saturated carbocycles. The summed E-state index contributed by atoms with van der Waals surface area (Å²) >= 11 is 0. The summed E-state index contributed by atoms with van der Waals surface area (Å²) in [6.45, 7) is 11.8. The highest BCUT2D eigenvalue weighted by atomic mass is 32.2. The molecule has 0 unspecified atom stereocenters. The fraction of sp³-hybridized carbons (Fsp3) is 0.659. The highest BCUT2D eigenvalue weighted by Gasteiger charge is 2.43. The third kappa shape index (κ3) is 14.1. The fourth-order valence-corrected chi connectivity index (χ4v) is 8.76. The van der Waals surface area contributed by atoms with Gasteiger partial charge in [-0.25, -0.2) is 18.4 Å². The number of hydrogen-bond acceptors (Lipinski definition) is 12. The Morgan fingerprint density at radius 3 is 2.37 bits per heavy atom. The predicted octanol–water partition coefficient (Wildman–Crippen LogP) is 4.02. The molecule has 3 rings (SSSR count). The molecule has 1 aromatic heterocycles. The lowest BCUT2D eigenvalue weighted by atomic mass is 9.89. The number of rotatable bonds is 24. The van der Waals surface area contributed by atoms with Crippen LogP contribution in [0.25, 0.3) is 10.4 Å². The van der Waals surface area contributed by atoms with Crippen LogP contribution in [0.2, 0.25) is 0 Å². The third-order valence-corrected chi connectivity index (χ3v) is 12.5. The molecule has 0 aliphatic carbocycles.